The Morgan fingerprint density at radius 3 is 2.67 bits per heavy atom. The molecule has 1 aromatic heterocycles. The number of ether oxygens (including phenoxy) is 1. The zero-order valence-electron chi connectivity index (χ0n) is 12.0. The molecule has 0 amide bonds. The van der Waals surface area contributed by atoms with E-state index in [1.165, 1.54) is 26.3 Å². The third-order valence-corrected chi connectivity index (χ3v) is 5.67. The van der Waals surface area contributed by atoms with Crippen molar-refractivity contribution in [3.05, 3.63) is 15.8 Å². The van der Waals surface area contributed by atoms with E-state index in [4.69, 9.17) is 9.84 Å². The molecule has 0 saturated carbocycles. The molecule has 0 radical (unpaired) electrons. The quantitative estimate of drug-likeness (QED) is 0.647. The van der Waals surface area contributed by atoms with Crippen LogP contribution in [0, 0.1) is 6.92 Å². The number of rotatable bonds is 8. The molecule has 21 heavy (non-hydrogen) atoms. The lowest BCUT2D eigenvalue weighted by Gasteiger charge is -2.23. The van der Waals surface area contributed by atoms with Gasteiger partial charge in [0.2, 0.25) is 10.0 Å². The van der Waals surface area contributed by atoms with E-state index in [0.29, 0.717) is 5.56 Å². The molecule has 0 saturated heterocycles. The molecule has 0 aliphatic rings. The van der Waals surface area contributed by atoms with Crippen molar-refractivity contribution >= 4 is 27.3 Å². The predicted molar refractivity (Wildman–Crippen MR) is 78.3 cm³/mol. The fourth-order valence-electron chi connectivity index (χ4n) is 1.65. The first-order valence-corrected chi connectivity index (χ1v) is 8.49. The minimum Gasteiger partial charge on any atom is -0.477 e. The SMILES string of the molecule is COCCC(C)(O)CNS(=O)(=O)c1c(C)csc1C(=O)O. The summed E-state index contributed by atoms with van der Waals surface area (Å²) in [6.45, 7) is 3.06. The van der Waals surface area contributed by atoms with Crippen molar-refractivity contribution in [3.63, 3.8) is 0 Å². The maximum atomic E-state index is 12.2. The van der Waals surface area contributed by atoms with Crippen LogP contribution in [0.15, 0.2) is 10.3 Å². The highest BCUT2D eigenvalue weighted by Crippen LogP contribution is 2.27. The van der Waals surface area contributed by atoms with E-state index >= 15 is 0 Å². The average molecular weight is 337 g/mol. The van der Waals surface area contributed by atoms with Gasteiger partial charge in [0, 0.05) is 26.7 Å². The number of thiophene rings is 1. The molecule has 0 aliphatic carbocycles. The van der Waals surface area contributed by atoms with Crippen molar-refractivity contribution in [2.24, 2.45) is 0 Å². The van der Waals surface area contributed by atoms with Crippen molar-refractivity contribution < 1.29 is 28.2 Å². The number of aromatic carboxylic acids is 1. The Bertz CT molecular complexity index is 605. The lowest BCUT2D eigenvalue weighted by atomic mass is 10.0. The van der Waals surface area contributed by atoms with E-state index in [1.54, 1.807) is 0 Å². The van der Waals surface area contributed by atoms with Gasteiger partial charge in [-0.25, -0.2) is 17.9 Å². The third kappa shape index (κ3) is 4.75. The van der Waals surface area contributed by atoms with Crippen LogP contribution >= 0.6 is 11.3 Å². The number of carboxylic acids is 1. The van der Waals surface area contributed by atoms with Gasteiger partial charge in [0.15, 0.2) is 0 Å². The van der Waals surface area contributed by atoms with Crippen LogP contribution < -0.4 is 4.72 Å². The molecule has 1 unspecified atom stereocenters. The normalized spacial score (nSPS) is 14.9. The summed E-state index contributed by atoms with van der Waals surface area (Å²) in [7, 11) is -2.52. The first-order valence-electron chi connectivity index (χ1n) is 6.13. The fraction of sp³-hybridized carbons (Fsp3) is 0.583. The number of nitrogens with one attached hydrogen (secondary N) is 1. The summed E-state index contributed by atoms with van der Waals surface area (Å²) < 4.78 is 31.6. The second-order valence-corrected chi connectivity index (χ2v) is 7.53. The Balaban J connectivity index is 2.93. The predicted octanol–water partition coefficient (Wildman–Crippen LogP) is 0.821. The maximum Gasteiger partial charge on any atom is 0.347 e. The summed E-state index contributed by atoms with van der Waals surface area (Å²) in [4.78, 5) is 10.6. The highest BCUT2D eigenvalue weighted by molar-refractivity contribution is 7.89. The fourth-order valence-corrected chi connectivity index (χ4v) is 4.44. The van der Waals surface area contributed by atoms with Gasteiger partial charge in [-0.3, -0.25) is 0 Å². The highest BCUT2D eigenvalue weighted by atomic mass is 32.2. The smallest absolute Gasteiger partial charge is 0.347 e. The van der Waals surface area contributed by atoms with Gasteiger partial charge < -0.3 is 14.9 Å². The summed E-state index contributed by atoms with van der Waals surface area (Å²) >= 11 is 0.857. The monoisotopic (exact) mass is 337 g/mol. The minimum atomic E-state index is -4.00. The van der Waals surface area contributed by atoms with Gasteiger partial charge in [-0.05, 0) is 24.8 Å². The summed E-state index contributed by atoms with van der Waals surface area (Å²) in [5.74, 6) is -1.29. The topological polar surface area (TPSA) is 113 Å². The number of carbonyl (C=O) groups is 1. The van der Waals surface area contributed by atoms with Crippen molar-refractivity contribution in [1.29, 1.82) is 0 Å². The standard InChI is InChI=1S/C12H19NO6S2/c1-8-6-20-9(11(14)15)10(8)21(17,18)13-7-12(2,16)4-5-19-3/h6,13,16H,4-5,7H2,1-3H3,(H,14,15). The van der Waals surface area contributed by atoms with Crippen LogP contribution in [-0.4, -0.2) is 50.5 Å². The van der Waals surface area contributed by atoms with Gasteiger partial charge >= 0.3 is 5.97 Å². The molecular formula is C12H19NO6S2. The molecule has 1 heterocycles. The molecule has 0 aromatic carbocycles. The highest BCUT2D eigenvalue weighted by Gasteiger charge is 2.29. The molecule has 120 valence electrons. The number of hydrogen-bond donors (Lipinski definition) is 3. The Morgan fingerprint density at radius 1 is 1.52 bits per heavy atom. The summed E-state index contributed by atoms with van der Waals surface area (Å²) in [5.41, 5.74) is -0.919. The van der Waals surface area contributed by atoms with Gasteiger partial charge in [0.1, 0.15) is 9.77 Å². The first kappa shape index (κ1) is 18.1. The second-order valence-electron chi connectivity index (χ2n) is 4.95. The van der Waals surface area contributed by atoms with E-state index in [1.807, 2.05) is 0 Å². The van der Waals surface area contributed by atoms with Crippen molar-refractivity contribution in [2.75, 3.05) is 20.3 Å². The molecular weight excluding hydrogens is 318 g/mol. The number of carboxylic acid groups (broad SMARTS) is 1. The molecule has 3 N–H and O–H groups in total. The Labute approximate surface area is 127 Å². The lowest BCUT2D eigenvalue weighted by molar-refractivity contribution is 0.0292. The van der Waals surface area contributed by atoms with Crippen LogP contribution in [0.5, 0.6) is 0 Å². The van der Waals surface area contributed by atoms with E-state index in [9.17, 15) is 18.3 Å². The van der Waals surface area contributed by atoms with Gasteiger partial charge in [0.25, 0.3) is 0 Å². The molecule has 7 nitrogen and oxygen atoms in total. The molecule has 9 heteroatoms. The Hall–Kier alpha value is -1.00. The minimum absolute atomic E-state index is 0.229. The van der Waals surface area contributed by atoms with Crippen molar-refractivity contribution in [1.82, 2.24) is 4.72 Å². The Morgan fingerprint density at radius 2 is 2.14 bits per heavy atom. The number of sulfonamides is 1. The molecule has 1 atom stereocenters. The van der Waals surface area contributed by atoms with Gasteiger partial charge in [-0.15, -0.1) is 11.3 Å². The summed E-state index contributed by atoms with van der Waals surface area (Å²) in [6, 6.07) is 0. The van der Waals surface area contributed by atoms with Gasteiger partial charge in [0.05, 0.1) is 5.60 Å². The summed E-state index contributed by atoms with van der Waals surface area (Å²) in [6.07, 6.45) is 0.250. The molecule has 0 bridgehead atoms. The largest absolute Gasteiger partial charge is 0.477 e. The molecule has 1 rings (SSSR count). The number of methoxy groups -OCH3 is 1. The van der Waals surface area contributed by atoms with Crippen LogP contribution in [0.4, 0.5) is 0 Å². The number of aryl methyl sites for hydroxylation is 1. The molecule has 0 spiro atoms. The number of hydrogen-bond acceptors (Lipinski definition) is 6. The molecule has 0 aliphatic heterocycles. The van der Waals surface area contributed by atoms with E-state index in [0.717, 1.165) is 11.3 Å². The van der Waals surface area contributed by atoms with Crippen LogP contribution in [0.2, 0.25) is 0 Å². The van der Waals surface area contributed by atoms with Crippen LogP contribution in [0.3, 0.4) is 0 Å². The van der Waals surface area contributed by atoms with E-state index in [2.05, 4.69) is 4.72 Å². The maximum absolute atomic E-state index is 12.2. The first-order chi connectivity index (χ1) is 9.60. The zero-order chi connectivity index (χ0) is 16.3. The van der Waals surface area contributed by atoms with Crippen LogP contribution in [0.25, 0.3) is 0 Å². The van der Waals surface area contributed by atoms with Gasteiger partial charge in [-0.1, -0.05) is 0 Å². The Kier molecular flexibility index (Phi) is 5.88. The third-order valence-electron chi connectivity index (χ3n) is 2.87. The zero-order valence-corrected chi connectivity index (χ0v) is 13.7. The van der Waals surface area contributed by atoms with Gasteiger partial charge in [-0.2, -0.15) is 0 Å². The van der Waals surface area contributed by atoms with E-state index in [-0.39, 0.29) is 29.3 Å². The average Bonchev–Trinajstić information content (AvgIpc) is 2.77. The molecule has 1 aromatic rings. The van der Waals surface area contributed by atoms with Crippen LogP contribution in [-0.2, 0) is 14.8 Å². The van der Waals surface area contributed by atoms with E-state index < -0.39 is 21.6 Å². The number of aliphatic hydroxyl groups is 1. The van der Waals surface area contributed by atoms with Crippen molar-refractivity contribution in [2.45, 2.75) is 30.8 Å². The molecule has 0 fully saturated rings. The summed E-state index contributed by atoms with van der Waals surface area (Å²) in [5, 5.41) is 20.5. The lowest BCUT2D eigenvalue weighted by Crippen LogP contribution is -2.41. The second kappa shape index (κ2) is 6.84. The van der Waals surface area contributed by atoms with Crippen molar-refractivity contribution in [3.8, 4) is 0 Å². The van der Waals surface area contributed by atoms with Crippen LogP contribution in [0.1, 0.15) is 28.6 Å².